The lowest BCUT2D eigenvalue weighted by Crippen LogP contribution is -2.23. The van der Waals surface area contributed by atoms with E-state index in [0.717, 1.165) is 38.8 Å². The third-order valence-corrected chi connectivity index (χ3v) is 2.27. The van der Waals surface area contributed by atoms with Crippen molar-refractivity contribution in [1.82, 2.24) is 5.32 Å². The highest BCUT2D eigenvalue weighted by Gasteiger charge is 2.20. The van der Waals surface area contributed by atoms with E-state index in [2.05, 4.69) is 5.32 Å². The van der Waals surface area contributed by atoms with Crippen LogP contribution < -0.4 is 5.32 Å². The molecule has 1 aliphatic rings. The summed E-state index contributed by atoms with van der Waals surface area (Å²) in [5.74, 6) is 0.987. The van der Waals surface area contributed by atoms with Gasteiger partial charge in [-0.1, -0.05) is 12.8 Å². The Morgan fingerprint density at radius 2 is 1.92 bits per heavy atom. The van der Waals surface area contributed by atoms with E-state index in [9.17, 15) is 0 Å². The van der Waals surface area contributed by atoms with Crippen molar-refractivity contribution >= 4 is 0 Å². The predicted octanol–water partition coefficient (Wildman–Crippen LogP) is 1.04. The van der Waals surface area contributed by atoms with Crippen molar-refractivity contribution in [3.05, 3.63) is 0 Å². The molecule has 78 valence electrons. The van der Waals surface area contributed by atoms with E-state index in [-0.39, 0.29) is 0 Å². The molecule has 1 saturated carbocycles. The Bertz CT molecular complexity index is 115. The first-order chi connectivity index (χ1) is 6.43. The fourth-order valence-electron chi connectivity index (χ4n) is 1.20. The molecule has 0 heterocycles. The Morgan fingerprint density at radius 1 is 1.15 bits per heavy atom. The Kier molecular flexibility index (Phi) is 6.15. The molecule has 0 unspecified atom stereocenters. The second kappa shape index (κ2) is 7.30. The normalized spacial score (nSPS) is 16.4. The van der Waals surface area contributed by atoms with Crippen molar-refractivity contribution < 1.29 is 9.47 Å². The zero-order chi connectivity index (χ0) is 9.36. The Hall–Kier alpha value is -0.120. The Morgan fingerprint density at radius 3 is 2.62 bits per heavy atom. The average Bonchev–Trinajstić information content (AvgIpc) is 2.93. The van der Waals surface area contributed by atoms with Crippen LogP contribution in [0.5, 0.6) is 0 Å². The van der Waals surface area contributed by atoms with Gasteiger partial charge >= 0.3 is 0 Å². The van der Waals surface area contributed by atoms with Gasteiger partial charge in [0, 0.05) is 26.8 Å². The fourth-order valence-corrected chi connectivity index (χ4v) is 1.20. The van der Waals surface area contributed by atoms with Crippen molar-refractivity contribution in [3.8, 4) is 0 Å². The molecule has 0 atom stereocenters. The summed E-state index contributed by atoms with van der Waals surface area (Å²) in [6.45, 7) is 4.41. The zero-order valence-corrected chi connectivity index (χ0v) is 8.55. The molecule has 0 aromatic heterocycles. The van der Waals surface area contributed by atoms with Gasteiger partial charge < -0.3 is 14.8 Å². The monoisotopic (exact) mass is 187 g/mol. The first-order valence-corrected chi connectivity index (χ1v) is 5.21. The summed E-state index contributed by atoms with van der Waals surface area (Å²) in [6, 6.07) is 0. The van der Waals surface area contributed by atoms with Crippen molar-refractivity contribution in [3.63, 3.8) is 0 Å². The maximum absolute atomic E-state index is 5.46. The quantitative estimate of drug-likeness (QED) is 0.547. The number of nitrogens with one attached hydrogen (secondary N) is 1. The molecule has 3 heteroatoms. The van der Waals surface area contributed by atoms with E-state index in [1.165, 1.54) is 19.3 Å². The SMILES string of the molecule is COCCNCCOCCC1CC1. The van der Waals surface area contributed by atoms with Crippen molar-refractivity contribution in [1.29, 1.82) is 0 Å². The minimum absolute atomic E-state index is 0.780. The number of ether oxygens (including phenoxy) is 2. The lowest BCUT2D eigenvalue weighted by atomic mass is 10.3. The molecule has 1 rings (SSSR count). The lowest BCUT2D eigenvalue weighted by molar-refractivity contribution is 0.127. The van der Waals surface area contributed by atoms with Crippen LogP contribution in [0.4, 0.5) is 0 Å². The number of methoxy groups -OCH3 is 1. The molecule has 0 spiro atoms. The van der Waals surface area contributed by atoms with Crippen LogP contribution in [0.3, 0.4) is 0 Å². The van der Waals surface area contributed by atoms with E-state index >= 15 is 0 Å². The Balaban J connectivity index is 1.63. The molecule has 1 fully saturated rings. The second-order valence-corrected chi connectivity index (χ2v) is 3.59. The van der Waals surface area contributed by atoms with Crippen molar-refractivity contribution in [2.45, 2.75) is 19.3 Å². The van der Waals surface area contributed by atoms with Crippen LogP contribution in [0, 0.1) is 5.92 Å². The summed E-state index contributed by atoms with van der Waals surface area (Å²) < 4.78 is 10.4. The van der Waals surface area contributed by atoms with Crippen LogP contribution in [0.2, 0.25) is 0 Å². The molecule has 0 aliphatic heterocycles. The van der Waals surface area contributed by atoms with Crippen LogP contribution >= 0.6 is 0 Å². The fraction of sp³-hybridized carbons (Fsp3) is 1.00. The lowest BCUT2D eigenvalue weighted by Gasteiger charge is -2.04. The molecule has 1 N–H and O–H groups in total. The third-order valence-electron chi connectivity index (χ3n) is 2.27. The van der Waals surface area contributed by atoms with Gasteiger partial charge in [-0.3, -0.25) is 0 Å². The molecule has 3 nitrogen and oxygen atoms in total. The molecule has 0 aromatic rings. The van der Waals surface area contributed by atoms with Crippen LogP contribution in [-0.4, -0.2) is 40.0 Å². The van der Waals surface area contributed by atoms with Gasteiger partial charge in [-0.15, -0.1) is 0 Å². The number of hydrogen-bond donors (Lipinski definition) is 1. The van der Waals surface area contributed by atoms with Gasteiger partial charge in [0.2, 0.25) is 0 Å². The molecular weight excluding hydrogens is 166 g/mol. The summed E-state index contributed by atoms with van der Waals surface area (Å²) in [4.78, 5) is 0. The Labute approximate surface area is 80.8 Å². The maximum Gasteiger partial charge on any atom is 0.0590 e. The highest BCUT2D eigenvalue weighted by atomic mass is 16.5. The average molecular weight is 187 g/mol. The van der Waals surface area contributed by atoms with Gasteiger partial charge in [0.05, 0.1) is 13.2 Å². The highest BCUT2D eigenvalue weighted by molar-refractivity contribution is 4.72. The molecule has 0 aromatic carbocycles. The summed E-state index contributed by atoms with van der Waals surface area (Å²) in [7, 11) is 1.72. The van der Waals surface area contributed by atoms with Gasteiger partial charge in [0.15, 0.2) is 0 Å². The topological polar surface area (TPSA) is 30.5 Å². The van der Waals surface area contributed by atoms with Gasteiger partial charge in [-0.05, 0) is 12.3 Å². The highest BCUT2D eigenvalue weighted by Crippen LogP contribution is 2.31. The standard InChI is InChI=1S/C10H21NO2/c1-12-8-5-11-6-9-13-7-4-10-2-3-10/h10-11H,2-9H2,1H3. The molecule has 0 bridgehead atoms. The summed E-state index contributed by atoms with van der Waals surface area (Å²) in [6.07, 6.45) is 4.11. The second-order valence-electron chi connectivity index (χ2n) is 3.59. The van der Waals surface area contributed by atoms with E-state index in [1.54, 1.807) is 7.11 Å². The van der Waals surface area contributed by atoms with E-state index < -0.39 is 0 Å². The van der Waals surface area contributed by atoms with Gasteiger partial charge in [-0.25, -0.2) is 0 Å². The zero-order valence-electron chi connectivity index (χ0n) is 8.55. The van der Waals surface area contributed by atoms with Gasteiger partial charge in [-0.2, -0.15) is 0 Å². The molecule has 0 amide bonds. The third kappa shape index (κ3) is 6.99. The van der Waals surface area contributed by atoms with Crippen molar-refractivity contribution in [2.75, 3.05) is 40.0 Å². The summed E-state index contributed by atoms with van der Waals surface area (Å²) in [5, 5.41) is 3.24. The summed E-state index contributed by atoms with van der Waals surface area (Å²) in [5.41, 5.74) is 0. The largest absolute Gasteiger partial charge is 0.383 e. The van der Waals surface area contributed by atoms with Crippen LogP contribution in [0.1, 0.15) is 19.3 Å². The van der Waals surface area contributed by atoms with E-state index in [4.69, 9.17) is 9.47 Å². The smallest absolute Gasteiger partial charge is 0.0590 e. The molecule has 0 radical (unpaired) electrons. The number of rotatable bonds is 9. The minimum Gasteiger partial charge on any atom is -0.383 e. The van der Waals surface area contributed by atoms with Crippen LogP contribution in [-0.2, 0) is 9.47 Å². The summed E-state index contributed by atoms with van der Waals surface area (Å²) >= 11 is 0. The van der Waals surface area contributed by atoms with Gasteiger partial charge in [0.1, 0.15) is 0 Å². The van der Waals surface area contributed by atoms with E-state index in [0.29, 0.717) is 0 Å². The molecule has 0 saturated heterocycles. The molecule has 13 heavy (non-hydrogen) atoms. The van der Waals surface area contributed by atoms with Gasteiger partial charge in [0.25, 0.3) is 0 Å². The van der Waals surface area contributed by atoms with Crippen LogP contribution in [0.15, 0.2) is 0 Å². The first-order valence-electron chi connectivity index (χ1n) is 5.21. The number of hydrogen-bond acceptors (Lipinski definition) is 3. The van der Waals surface area contributed by atoms with Crippen LogP contribution in [0.25, 0.3) is 0 Å². The maximum atomic E-state index is 5.46. The van der Waals surface area contributed by atoms with E-state index in [1.807, 2.05) is 0 Å². The van der Waals surface area contributed by atoms with Crippen molar-refractivity contribution in [2.24, 2.45) is 5.92 Å². The predicted molar refractivity (Wildman–Crippen MR) is 52.9 cm³/mol. The minimum atomic E-state index is 0.780. The molecule has 1 aliphatic carbocycles. The molecular formula is C10H21NO2. The first kappa shape index (κ1) is 11.0.